The normalized spacial score (nSPS) is 25.1. The minimum atomic E-state index is 0.852. The van der Waals surface area contributed by atoms with Gasteiger partial charge < -0.3 is 4.90 Å². The lowest BCUT2D eigenvalue weighted by Gasteiger charge is -2.57. The molecule has 0 aromatic heterocycles. The molecule has 1 spiro atoms. The van der Waals surface area contributed by atoms with Gasteiger partial charge in [0.2, 0.25) is 0 Å². The molecule has 0 bridgehead atoms. The molecule has 2 saturated carbocycles. The third kappa shape index (κ3) is 1.84. The van der Waals surface area contributed by atoms with Crippen molar-refractivity contribution in [2.75, 3.05) is 13.1 Å². The summed E-state index contributed by atoms with van der Waals surface area (Å²) in [5.41, 5.74) is 0.852. The summed E-state index contributed by atoms with van der Waals surface area (Å²) in [6, 6.07) is 0.954. The Labute approximate surface area is 88.9 Å². The van der Waals surface area contributed by atoms with Crippen LogP contribution in [-0.2, 0) is 0 Å². The topological polar surface area (TPSA) is 3.24 Å². The van der Waals surface area contributed by atoms with E-state index in [9.17, 15) is 0 Å². The van der Waals surface area contributed by atoms with Crippen molar-refractivity contribution in [2.45, 2.75) is 64.8 Å². The molecule has 1 nitrogen and oxygen atoms in total. The van der Waals surface area contributed by atoms with Gasteiger partial charge in [0, 0.05) is 6.04 Å². The Morgan fingerprint density at radius 2 is 1.64 bits per heavy atom. The fourth-order valence-electron chi connectivity index (χ4n) is 3.33. The third-order valence-corrected chi connectivity index (χ3v) is 4.29. The van der Waals surface area contributed by atoms with Gasteiger partial charge in [-0.15, -0.1) is 0 Å². The second-order valence-electron chi connectivity index (χ2n) is 5.45. The van der Waals surface area contributed by atoms with Crippen molar-refractivity contribution in [2.24, 2.45) is 5.41 Å². The van der Waals surface area contributed by atoms with Crippen LogP contribution in [0.15, 0.2) is 0 Å². The summed E-state index contributed by atoms with van der Waals surface area (Å²) in [4.78, 5) is 2.74. The van der Waals surface area contributed by atoms with Crippen molar-refractivity contribution >= 4 is 0 Å². The SMILES string of the molecule is CCCN(CCC)C1CC2(CCC2)C1. The molecular formula is C13H25N. The summed E-state index contributed by atoms with van der Waals surface area (Å²) in [5, 5.41) is 0. The van der Waals surface area contributed by atoms with Crippen molar-refractivity contribution in [3.63, 3.8) is 0 Å². The molecule has 82 valence electrons. The van der Waals surface area contributed by atoms with Crippen molar-refractivity contribution < 1.29 is 0 Å². The Balaban J connectivity index is 1.76. The molecule has 2 rings (SSSR count). The van der Waals surface area contributed by atoms with Crippen LogP contribution in [0, 0.1) is 5.41 Å². The van der Waals surface area contributed by atoms with Crippen LogP contribution in [0.4, 0.5) is 0 Å². The average Bonchev–Trinajstić information content (AvgIpc) is 1.99. The summed E-state index contributed by atoms with van der Waals surface area (Å²) in [6.45, 7) is 7.27. The zero-order chi connectivity index (χ0) is 10.0. The Morgan fingerprint density at radius 1 is 1.07 bits per heavy atom. The van der Waals surface area contributed by atoms with Crippen molar-refractivity contribution in [3.8, 4) is 0 Å². The smallest absolute Gasteiger partial charge is 0.0106 e. The summed E-state index contributed by atoms with van der Waals surface area (Å²) in [7, 11) is 0. The van der Waals surface area contributed by atoms with E-state index >= 15 is 0 Å². The summed E-state index contributed by atoms with van der Waals surface area (Å²) < 4.78 is 0. The molecule has 0 heterocycles. The van der Waals surface area contributed by atoms with E-state index in [0.717, 1.165) is 11.5 Å². The standard InChI is InChI=1S/C13H25N/c1-3-8-14(9-4-2)12-10-13(11-12)6-5-7-13/h12H,3-11H2,1-2H3. The van der Waals surface area contributed by atoms with Crippen LogP contribution < -0.4 is 0 Å². The Kier molecular flexibility index (Phi) is 3.16. The lowest BCUT2D eigenvalue weighted by atomic mass is 9.54. The number of rotatable bonds is 5. The maximum atomic E-state index is 2.74. The summed E-state index contributed by atoms with van der Waals surface area (Å²) >= 11 is 0. The van der Waals surface area contributed by atoms with Crippen molar-refractivity contribution in [3.05, 3.63) is 0 Å². The highest BCUT2D eigenvalue weighted by Gasteiger charge is 2.49. The number of hydrogen-bond acceptors (Lipinski definition) is 1. The third-order valence-electron chi connectivity index (χ3n) is 4.29. The number of nitrogens with zero attached hydrogens (tertiary/aromatic N) is 1. The molecule has 0 atom stereocenters. The molecule has 14 heavy (non-hydrogen) atoms. The highest BCUT2D eigenvalue weighted by atomic mass is 15.2. The molecule has 2 fully saturated rings. The predicted octanol–water partition coefficient (Wildman–Crippen LogP) is 3.44. The average molecular weight is 195 g/mol. The largest absolute Gasteiger partial charge is 0.300 e. The zero-order valence-electron chi connectivity index (χ0n) is 9.89. The molecule has 0 unspecified atom stereocenters. The van der Waals surface area contributed by atoms with Gasteiger partial charge in [0.15, 0.2) is 0 Å². The molecule has 0 radical (unpaired) electrons. The van der Waals surface area contributed by atoms with Gasteiger partial charge in [0.25, 0.3) is 0 Å². The molecule has 0 aliphatic heterocycles. The van der Waals surface area contributed by atoms with Crippen LogP contribution >= 0.6 is 0 Å². The second kappa shape index (κ2) is 4.22. The van der Waals surface area contributed by atoms with Gasteiger partial charge >= 0.3 is 0 Å². The molecule has 1 heteroatoms. The van der Waals surface area contributed by atoms with E-state index in [4.69, 9.17) is 0 Å². The van der Waals surface area contributed by atoms with E-state index in [-0.39, 0.29) is 0 Å². The maximum absolute atomic E-state index is 2.74. The first-order valence-corrected chi connectivity index (χ1v) is 6.54. The Morgan fingerprint density at radius 3 is 2.00 bits per heavy atom. The lowest BCUT2D eigenvalue weighted by Crippen LogP contribution is -2.54. The fourth-order valence-corrected chi connectivity index (χ4v) is 3.33. The van der Waals surface area contributed by atoms with Crippen LogP contribution in [0.2, 0.25) is 0 Å². The van der Waals surface area contributed by atoms with Crippen LogP contribution in [0.25, 0.3) is 0 Å². The highest BCUT2D eigenvalue weighted by molar-refractivity contribution is 5.02. The van der Waals surface area contributed by atoms with E-state index in [1.807, 2.05) is 0 Å². The first kappa shape index (κ1) is 10.5. The highest BCUT2D eigenvalue weighted by Crippen LogP contribution is 2.57. The van der Waals surface area contributed by atoms with E-state index in [0.29, 0.717) is 0 Å². The molecule has 0 saturated heterocycles. The van der Waals surface area contributed by atoms with Gasteiger partial charge in [-0.3, -0.25) is 0 Å². The zero-order valence-corrected chi connectivity index (χ0v) is 9.89. The molecular weight excluding hydrogens is 170 g/mol. The van der Waals surface area contributed by atoms with Gasteiger partial charge in [-0.2, -0.15) is 0 Å². The van der Waals surface area contributed by atoms with E-state index < -0.39 is 0 Å². The monoisotopic (exact) mass is 195 g/mol. The second-order valence-corrected chi connectivity index (χ2v) is 5.45. The fraction of sp³-hybridized carbons (Fsp3) is 1.00. The molecule has 0 N–H and O–H groups in total. The van der Waals surface area contributed by atoms with Gasteiger partial charge in [-0.05, 0) is 57.0 Å². The van der Waals surface area contributed by atoms with Gasteiger partial charge in [-0.1, -0.05) is 20.3 Å². The van der Waals surface area contributed by atoms with Crippen molar-refractivity contribution in [1.82, 2.24) is 4.90 Å². The molecule has 0 aromatic carbocycles. The predicted molar refractivity (Wildman–Crippen MR) is 61.5 cm³/mol. The van der Waals surface area contributed by atoms with Crippen LogP contribution in [0.3, 0.4) is 0 Å². The van der Waals surface area contributed by atoms with Crippen molar-refractivity contribution in [1.29, 1.82) is 0 Å². The summed E-state index contributed by atoms with van der Waals surface area (Å²) in [5.74, 6) is 0. The van der Waals surface area contributed by atoms with Gasteiger partial charge in [0.1, 0.15) is 0 Å². The first-order chi connectivity index (χ1) is 6.79. The minimum Gasteiger partial charge on any atom is -0.300 e. The maximum Gasteiger partial charge on any atom is 0.0106 e. The molecule has 2 aliphatic carbocycles. The Bertz CT molecular complexity index is 170. The van der Waals surface area contributed by atoms with E-state index in [1.165, 1.54) is 58.0 Å². The van der Waals surface area contributed by atoms with E-state index in [2.05, 4.69) is 18.7 Å². The Hall–Kier alpha value is -0.0400. The van der Waals surface area contributed by atoms with E-state index in [1.54, 1.807) is 0 Å². The minimum absolute atomic E-state index is 0.852. The van der Waals surface area contributed by atoms with Gasteiger partial charge in [0.05, 0.1) is 0 Å². The lowest BCUT2D eigenvalue weighted by molar-refractivity contribution is -0.0547. The van der Waals surface area contributed by atoms with Crippen LogP contribution in [0.5, 0.6) is 0 Å². The first-order valence-electron chi connectivity index (χ1n) is 6.54. The summed E-state index contributed by atoms with van der Waals surface area (Å²) in [6.07, 6.45) is 10.3. The molecule has 2 aliphatic rings. The number of hydrogen-bond donors (Lipinski definition) is 0. The molecule has 0 aromatic rings. The van der Waals surface area contributed by atoms with Crippen LogP contribution in [-0.4, -0.2) is 24.0 Å². The molecule has 0 amide bonds. The quantitative estimate of drug-likeness (QED) is 0.649. The van der Waals surface area contributed by atoms with Gasteiger partial charge in [-0.25, -0.2) is 0 Å². The van der Waals surface area contributed by atoms with Crippen LogP contribution in [0.1, 0.15) is 58.8 Å².